The first-order chi connectivity index (χ1) is 5.47. The van der Waals surface area contributed by atoms with Crippen molar-refractivity contribution < 1.29 is 8.42 Å². The summed E-state index contributed by atoms with van der Waals surface area (Å²) in [6.07, 6.45) is 1.08. The lowest BCUT2D eigenvalue weighted by molar-refractivity contribution is 0.587. The molecule has 68 valence electrons. The summed E-state index contributed by atoms with van der Waals surface area (Å²) in [5, 5.41) is 8.05. The monoisotopic (exact) mass is 208 g/mol. The summed E-state index contributed by atoms with van der Waals surface area (Å²) in [7, 11) is -3.16. The first-order valence-corrected chi connectivity index (χ1v) is 5.70. The maximum Gasteiger partial charge on any atom is 0.209 e. The van der Waals surface area contributed by atoms with E-state index in [0.29, 0.717) is 10.1 Å². The summed E-state index contributed by atoms with van der Waals surface area (Å²) in [5.74, 6) is 0. The van der Waals surface area contributed by atoms with Crippen LogP contribution in [0.15, 0.2) is 0 Å². The van der Waals surface area contributed by atoms with E-state index in [1.165, 1.54) is 0 Å². The highest BCUT2D eigenvalue weighted by Crippen LogP contribution is 2.10. The van der Waals surface area contributed by atoms with E-state index in [-0.39, 0.29) is 6.54 Å². The standard InChI is InChI=1S/C4H8N4O2S2/c1-12(9,10)6-2-3-7-8-4(5)11-3/h6H,2H2,1H3,(H2,5,8). The van der Waals surface area contributed by atoms with Crippen LogP contribution >= 0.6 is 11.3 Å². The van der Waals surface area contributed by atoms with Crippen molar-refractivity contribution in [3.8, 4) is 0 Å². The third kappa shape index (κ3) is 3.11. The Morgan fingerprint density at radius 2 is 2.25 bits per heavy atom. The zero-order valence-corrected chi connectivity index (χ0v) is 7.94. The van der Waals surface area contributed by atoms with Crippen LogP contribution in [-0.4, -0.2) is 24.9 Å². The van der Waals surface area contributed by atoms with Gasteiger partial charge in [-0.05, 0) is 0 Å². The number of rotatable bonds is 3. The van der Waals surface area contributed by atoms with E-state index in [1.54, 1.807) is 0 Å². The smallest absolute Gasteiger partial charge is 0.209 e. The summed E-state index contributed by atoms with van der Waals surface area (Å²) in [6, 6.07) is 0. The second kappa shape index (κ2) is 3.33. The Balaban J connectivity index is 2.55. The van der Waals surface area contributed by atoms with E-state index < -0.39 is 10.0 Å². The first kappa shape index (κ1) is 9.36. The Morgan fingerprint density at radius 1 is 1.58 bits per heavy atom. The molecule has 1 aromatic rings. The number of nitrogen functional groups attached to an aromatic ring is 1. The molecule has 8 heteroatoms. The fourth-order valence-electron chi connectivity index (χ4n) is 0.531. The van der Waals surface area contributed by atoms with Crippen molar-refractivity contribution >= 4 is 26.5 Å². The Kier molecular flexibility index (Phi) is 2.60. The molecule has 0 aliphatic rings. The maximum absolute atomic E-state index is 10.6. The lowest BCUT2D eigenvalue weighted by atomic mass is 10.7. The quantitative estimate of drug-likeness (QED) is 0.675. The fraction of sp³-hybridized carbons (Fsp3) is 0.500. The topological polar surface area (TPSA) is 98.0 Å². The van der Waals surface area contributed by atoms with Gasteiger partial charge in [-0.25, -0.2) is 13.1 Å². The molecule has 12 heavy (non-hydrogen) atoms. The van der Waals surface area contributed by atoms with Gasteiger partial charge >= 0.3 is 0 Å². The largest absolute Gasteiger partial charge is 0.374 e. The Labute approximate surface area is 73.9 Å². The molecule has 0 aromatic carbocycles. The molecule has 0 saturated carbocycles. The van der Waals surface area contributed by atoms with Crippen LogP contribution in [0.1, 0.15) is 5.01 Å². The number of aromatic nitrogens is 2. The summed E-state index contributed by atoms with van der Waals surface area (Å²) in [6.45, 7) is 0.147. The summed E-state index contributed by atoms with van der Waals surface area (Å²) in [5.41, 5.74) is 5.29. The lowest BCUT2D eigenvalue weighted by Crippen LogP contribution is -2.21. The van der Waals surface area contributed by atoms with Gasteiger partial charge in [0.15, 0.2) is 0 Å². The van der Waals surface area contributed by atoms with Crippen molar-refractivity contribution in [2.45, 2.75) is 6.54 Å². The molecule has 0 spiro atoms. The minimum atomic E-state index is -3.16. The van der Waals surface area contributed by atoms with Gasteiger partial charge in [0.1, 0.15) is 5.01 Å². The van der Waals surface area contributed by atoms with Crippen molar-refractivity contribution in [3.05, 3.63) is 5.01 Å². The Morgan fingerprint density at radius 3 is 2.67 bits per heavy atom. The molecule has 0 aliphatic heterocycles. The molecule has 1 aromatic heterocycles. The molecule has 0 fully saturated rings. The third-order valence-corrected chi connectivity index (χ3v) is 2.39. The molecule has 0 radical (unpaired) electrons. The summed E-state index contributed by atoms with van der Waals surface area (Å²) < 4.78 is 23.5. The maximum atomic E-state index is 10.6. The molecule has 1 rings (SSSR count). The van der Waals surface area contributed by atoms with Crippen molar-refractivity contribution in [2.24, 2.45) is 0 Å². The second-order valence-electron chi connectivity index (χ2n) is 2.13. The normalized spacial score (nSPS) is 11.8. The minimum absolute atomic E-state index is 0.147. The zero-order chi connectivity index (χ0) is 9.19. The molecule has 6 nitrogen and oxygen atoms in total. The van der Waals surface area contributed by atoms with Gasteiger partial charge < -0.3 is 5.73 Å². The van der Waals surface area contributed by atoms with Crippen LogP contribution in [0, 0.1) is 0 Å². The molecule has 1 heterocycles. The van der Waals surface area contributed by atoms with Crippen molar-refractivity contribution in [1.82, 2.24) is 14.9 Å². The van der Waals surface area contributed by atoms with E-state index in [0.717, 1.165) is 17.6 Å². The van der Waals surface area contributed by atoms with Gasteiger partial charge in [-0.3, -0.25) is 0 Å². The van der Waals surface area contributed by atoms with E-state index in [2.05, 4.69) is 14.9 Å². The van der Waals surface area contributed by atoms with Gasteiger partial charge in [0, 0.05) is 0 Å². The van der Waals surface area contributed by atoms with E-state index >= 15 is 0 Å². The van der Waals surface area contributed by atoms with E-state index in [1.807, 2.05) is 0 Å². The number of sulfonamides is 1. The minimum Gasteiger partial charge on any atom is -0.374 e. The van der Waals surface area contributed by atoms with Crippen LogP contribution in [0.2, 0.25) is 0 Å². The second-order valence-corrected chi connectivity index (χ2v) is 5.05. The zero-order valence-electron chi connectivity index (χ0n) is 6.31. The van der Waals surface area contributed by atoms with Gasteiger partial charge in [-0.1, -0.05) is 11.3 Å². The van der Waals surface area contributed by atoms with Gasteiger partial charge in [0.25, 0.3) is 0 Å². The van der Waals surface area contributed by atoms with E-state index in [9.17, 15) is 8.42 Å². The van der Waals surface area contributed by atoms with Gasteiger partial charge in [0.05, 0.1) is 12.8 Å². The number of anilines is 1. The number of nitrogens with two attached hydrogens (primary N) is 1. The number of nitrogens with one attached hydrogen (secondary N) is 1. The first-order valence-electron chi connectivity index (χ1n) is 3.00. The Hall–Kier alpha value is -0.730. The molecule has 0 unspecified atom stereocenters. The molecular weight excluding hydrogens is 200 g/mol. The molecule has 0 amide bonds. The highest BCUT2D eigenvalue weighted by molar-refractivity contribution is 7.88. The molecule has 0 atom stereocenters. The number of hydrogen-bond donors (Lipinski definition) is 2. The molecule has 0 bridgehead atoms. The average molecular weight is 208 g/mol. The van der Waals surface area contributed by atoms with Crippen molar-refractivity contribution in [1.29, 1.82) is 0 Å². The fourth-order valence-corrected chi connectivity index (χ4v) is 1.57. The number of hydrogen-bond acceptors (Lipinski definition) is 6. The predicted octanol–water partition coefficient (Wildman–Crippen LogP) is -0.831. The Bertz CT molecular complexity index is 357. The van der Waals surface area contributed by atoms with E-state index in [4.69, 9.17) is 5.73 Å². The van der Waals surface area contributed by atoms with Crippen LogP contribution in [0.3, 0.4) is 0 Å². The van der Waals surface area contributed by atoms with Gasteiger partial charge in [-0.15, -0.1) is 10.2 Å². The van der Waals surface area contributed by atoms with Crippen LogP contribution in [0.4, 0.5) is 5.13 Å². The van der Waals surface area contributed by atoms with Crippen molar-refractivity contribution in [3.63, 3.8) is 0 Å². The highest BCUT2D eigenvalue weighted by atomic mass is 32.2. The van der Waals surface area contributed by atoms with Crippen molar-refractivity contribution in [2.75, 3.05) is 12.0 Å². The van der Waals surface area contributed by atoms with Crippen LogP contribution in [-0.2, 0) is 16.6 Å². The highest BCUT2D eigenvalue weighted by Gasteiger charge is 2.04. The average Bonchev–Trinajstić information content (AvgIpc) is 2.30. The SMILES string of the molecule is CS(=O)(=O)NCc1nnc(N)s1. The summed E-state index contributed by atoms with van der Waals surface area (Å²) in [4.78, 5) is 0. The van der Waals surface area contributed by atoms with Gasteiger partial charge in [0.2, 0.25) is 15.2 Å². The predicted molar refractivity (Wildman–Crippen MR) is 46.0 cm³/mol. The molecule has 0 aliphatic carbocycles. The molecule has 3 N–H and O–H groups in total. The molecular formula is C4H8N4O2S2. The van der Waals surface area contributed by atoms with Gasteiger partial charge in [-0.2, -0.15) is 0 Å². The third-order valence-electron chi connectivity index (χ3n) is 0.968. The summed E-state index contributed by atoms with van der Waals surface area (Å²) >= 11 is 1.16. The molecule has 0 saturated heterocycles. The van der Waals surface area contributed by atoms with Crippen LogP contribution in [0.25, 0.3) is 0 Å². The lowest BCUT2D eigenvalue weighted by Gasteiger charge is -1.95. The van der Waals surface area contributed by atoms with Crippen LogP contribution < -0.4 is 10.5 Å². The number of nitrogens with zero attached hydrogens (tertiary/aromatic N) is 2. The van der Waals surface area contributed by atoms with Crippen LogP contribution in [0.5, 0.6) is 0 Å².